The third-order valence-electron chi connectivity index (χ3n) is 6.91. The summed E-state index contributed by atoms with van der Waals surface area (Å²) < 4.78 is 6.68. The van der Waals surface area contributed by atoms with Gasteiger partial charge in [0.05, 0.1) is 68.4 Å². The summed E-state index contributed by atoms with van der Waals surface area (Å²) in [4.78, 5) is 0.579. The highest BCUT2D eigenvalue weighted by atomic mass is 32.2. The second-order valence-electron chi connectivity index (χ2n) is 10.7. The van der Waals surface area contributed by atoms with Crippen molar-refractivity contribution in [3.8, 4) is 18.2 Å². The molecule has 0 N–H and O–H groups in total. The van der Waals surface area contributed by atoms with E-state index in [2.05, 4.69) is 72.4 Å². The number of nitriles is 3. The molecule has 0 radical (unpaired) electrons. The van der Waals surface area contributed by atoms with Crippen molar-refractivity contribution in [3.05, 3.63) is 14.7 Å². The molecule has 42 heavy (non-hydrogen) atoms. The van der Waals surface area contributed by atoms with E-state index in [0.29, 0.717) is 14.8 Å². The number of nitrogens with zero attached hydrogens (tertiary/aromatic N) is 6. The fraction of sp³-hybridized carbons (Fsp3) is 0.750. The monoisotopic (exact) mass is 652 g/mol. The van der Waals surface area contributed by atoms with E-state index in [1.807, 2.05) is 12.1 Å². The van der Waals surface area contributed by atoms with E-state index in [-0.39, 0.29) is 9.81 Å². The van der Waals surface area contributed by atoms with Gasteiger partial charge in [0.25, 0.3) is 0 Å². The van der Waals surface area contributed by atoms with E-state index >= 15 is 0 Å². The first-order chi connectivity index (χ1) is 20.1. The van der Waals surface area contributed by atoms with Gasteiger partial charge in [-0.15, -0.1) is 4.90 Å². The average Bonchev–Trinajstić information content (AvgIpc) is 3.32. The summed E-state index contributed by atoms with van der Waals surface area (Å²) in [5.74, 6) is 0. The van der Waals surface area contributed by atoms with Gasteiger partial charge in [0.2, 0.25) is 0 Å². The molecule has 0 spiro atoms. The molecule has 0 aliphatic rings. The van der Waals surface area contributed by atoms with Gasteiger partial charge in [-0.3, -0.25) is 0 Å². The van der Waals surface area contributed by atoms with E-state index in [1.54, 1.807) is 6.07 Å². The molecule has 1 rings (SSSR count). The summed E-state index contributed by atoms with van der Waals surface area (Å²) in [6.07, 6.45) is 10.7. The van der Waals surface area contributed by atoms with Crippen LogP contribution in [0, 0.1) is 34.0 Å². The highest BCUT2D eigenvalue weighted by Gasteiger charge is 2.23. The molecule has 0 bridgehead atoms. The largest absolute Gasteiger partial charge is 0.775 e. The van der Waals surface area contributed by atoms with E-state index in [4.69, 9.17) is 28.4 Å². The maximum atomic E-state index is 8.77. The van der Waals surface area contributed by atoms with Crippen molar-refractivity contribution in [2.75, 3.05) is 52.4 Å². The smallest absolute Gasteiger partial charge is 0.110 e. The predicted octanol–water partition coefficient (Wildman–Crippen LogP) is 8.70. The Morgan fingerprint density at radius 3 is 1.21 bits per heavy atom. The van der Waals surface area contributed by atoms with Gasteiger partial charge in [-0.1, -0.05) is 72.1 Å². The van der Waals surface area contributed by atoms with Crippen molar-refractivity contribution in [1.82, 2.24) is 4.37 Å². The molecule has 0 fully saturated rings. The minimum absolute atomic E-state index is 0.0680. The topological polar surface area (TPSA) is 84.3 Å². The predicted molar refractivity (Wildman–Crippen MR) is 186 cm³/mol. The first kappa shape index (κ1) is 42.7. The van der Waals surface area contributed by atoms with Gasteiger partial charge in [-0.2, -0.15) is 20.2 Å². The van der Waals surface area contributed by atoms with Crippen LogP contribution in [0.25, 0.3) is 0 Å². The summed E-state index contributed by atoms with van der Waals surface area (Å²) >= 11 is 11.5. The Balaban J connectivity index is 0. The summed E-state index contributed by atoms with van der Waals surface area (Å²) in [6, 6.07) is 5.41. The van der Waals surface area contributed by atoms with Crippen LogP contribution in [0.3, 0.4) is 0 Å². The summed E-state index contributed by atoms with van der Waals surface area (Å²) in [7, 11) is 0. The first-order valence-corrected chi connectivity index (χ1v) is 18.2. The number of hydrogen-bond donors (Lipinski definition) is 0. The molecule has 1 aromatic rings. The fourth-order valence-corrected chi connectivity index (χ4v) is 7.75. The lowest BCUT2D eigenvalue weighted by Gasteiger charge is -2.38. The molecule has 0 aromatic carbocycles. The van der Waals surface area contributed by atoms with E-state index < -0.39 is 0 Å². The number of rotatable bonds is 18. The third kappa shape index (κ3) is 16.4. The van der Waals surface area contributed by atoms with Crippen LogP contribution in [-0.2, 0) is 25.3 Å². The zero-order chi connectivity index (χ0) is 32.4. The molecule has 0 unspecified atom stereocenters. The Labute approximate surface area is 278 Å². The van der Waals surface area contributed by atoms with Crippen molar-refractivity contribution in [3.63, 3.8) is 0 Å². The molecule has 0 amide bonds. The first-order valence-electron chi connectivity index (χ1n) is 15.8. The van der Waals surface area contributed by atoms with Crippen molar-refractivity contribution in [1.29, 1.82) is 15.8 Å². The van der Waals surface area contributed by atoms with E-state index in [1.165, 1.54) is 113 Å². The van der Waals surface area contributed by atoms with E-state index in [9.17, 15) is 0 Å². The van der Waals surface area contributed by atoms with E-state index in [0.717, 1.165) is 23.3 Å². The molecule has 0 aliphatic heterocycles. The quantitative estimate of drug-likeness (QED) is 0.0679. The van der Waals surface area contributed by atoms with Crippen LogP contribution in [0.4, 0.5) is 0 Å². The molecule has 0 aliphatic carbocycles. The number of allylic oxidation sites excluding steroid dienone is 2. The minimum atomic E-state index is -0.103. The highest BCUT2D eigenvalue weighted by molar-refractivity contribution is 8.03. The highest BCUT2D eigenvalue weighted by Crippen LogP contribution is 2.33. The molecular formula is C32H56N6S4. The SMILES string of the molecule is CCC[N+](CCC)(CCC)CCC.CCC[N+](CCC)(CCC)CCC.N#CC([S-])=C(C#N)Sc1nsc(C#N)c1[S-]. The van der Waals surface area contributed by atoms with Crippen molar-refractivity contribution in [2.24, 2.45) is 0 Å². The average molecular weight is 653 g/mol. The molecule has 10 heteroatoms. The summed E-state index contributed by atoms with van der Waals surface area (Å²) in [5.41, 5.74) is 0. The fourth-order valence-electron chi connectivity index (χ4n) is 5.81. The Morgan fingerprint density at radius 1 is 0.667 bits per heavy atom. The van der Waals surface area contributed by atoms with Crippen LogP contribution in [0.5, 0.6) is 0 Å². The summed E-state index contributed by atoms with van der Waals surface area (Å²) in [5, 5.41) is 26.4. The standard InChI is InChI=1S/2C12H28N.C8H2N4S4/c2*1-5-9-13(10-6-2,11-7-3)12-8-4;9-1-4(13)5(2-10)15-8-7(14)6(3-11)16-12-8/h2*5-12H2,1-4H3;13-14H/q2*+1;/p-2. The maximum Gasteiger partial charge on any atom is 0.110 e. The third-order valence-corrected chi connectivity index (χ3v) is 9.85. The van der Waals surface area contributed by atoms with Gasteiger partial charge in [0.15, 0.2) is 0 Å². The second kappa shape index (κ2) is 26.0. The zero-order valence-electron chi connectivity index (χ0n) is 27.6. The lowest BCUT2D eigenvalue weighted by atomic mass is 10.2. The van der Waals surface area contributed by atoms with Crippen LogP contribution >= 0.6 is 23.3 Å². The maximum absolute atomic E-state index is 8.77. The lowest BCUT2D eigenvalue weighted by Crippen LogP contribution is -2.50. The Hall–Kier alpha value is -1.45. The van der Waals surface area contributed by atoms with Crippen LogP contribution in [-0.4, -0.2) is 65.7 Å². The van der Waals surface area contributed by atoms with Crippen molar-refractivity contribution < 1.29 is 8.97 Å². The molecule has 0 atom stereocenters. The minimum Gasteiger partial charge on any atom is -0.775 e. The van der Waals surface area contributed by atoms with Crippen LogP contribution in [0.2, 0.25) is 0 Å². The Bertz CT molecular complexity index is 913. The van der Waals surface area contributed by atoms with Gasteiger partial charge >= 0.3 is 0 Å². The number of aromatic nitrogens is 1. The molecule has 1 aromatic heterocycles. The molecule has 0 saturated carbocycles. The molecular weight excluding hydrogens is 597 g/mol. The zero-order valence-corrected chi connectivity index (χ0v) is 30.9. The molecule has 238 valence electrons. The molecule has 1 heterocycles. The second-order valence-corrected chi connectivity index (χ2v) is 13.3. The molecule has 6 nitrogen and oxygen atoms in total. The van der Waals surface area contributed by atoms with Crippen molar-refractivity contribution >= 4 is 48.6 Å². The molecule has 0 saturated heterocycles. The van der Waals surface area contributed by atoms with Gasteiger partial charge in [-0.25, -0.2) is 0 Å². The number of thioether (sulfide) groups is 1. The van der Waals surface area contributed by atoms with Crippen molar-refractivity contribution in [2.45, 2.75) is 117 Å². The van der Waals surface area contributed by atoms with Gasteiger partial charge in [-0.05, 0) is 62.9 Å². The van der Waals surface area contributed by atoms with Gasteiger partial charge in [0.1, 0.15) is 17.0 Å². The lowest BCUT2D eigenvalue weighted by molar-refractivity contribution is -0.928. The van der Waals surface area contributed by atoms with Gasteiger partial charge in [0, 0.05) is 0 Å². The number of quaternary nitrogens is 2. The normalized spacial score (nSPS) is 11.5. The van der Waals surface area contributed by atoms with Crippen LogP contribution in [0.15, 0.2) is 19.7 Å². The number of hydrogen-bond acceptors (Lipinski definition) is 8. The van der Waals surface area contributed by atoms with Gasteiger partial charge < -0.3 is 34.2 Å². The summed E-state index contributed by atoms with van der Waals surface area (Å²) in [6.45, 7) is 29.6. The van der Waals surface area contributed by atoms with Crippen LogP contribution in [0.1, 0.15) is 112 Å². The Kier molecular flexibility index (Phi) is 26.4. The Morgan fingerprint density at radius 2 is 1.00 bits per heavy atom. The van der Waals surface area contributed by atoms with Crippen LogP contribution < -0.4 is 0 Å².